The molecule has 1 unspecified atom stereocenters. The molecular formula is C22H17N5O2S2. The van der Waals surface area contributed by atoms with Gasteiger partial charge in [-0.05, 0) is 30.7 Å². The van der Waals surface area contributed by atoms with Crippen LogP contribution in [0.5, 0.6) is 0 Å². The van der Waals surface area contributed by atoms with Crippen molar-refractivity contribution in [3.63, 3.8) is 0 Å². The largest absolute Gasteiger partial charge is 0.325 e. The topological polar surface area (TPSA) is 104 Å². The molecule has 0 saturated heterocycles. The molecule has 5 rings (SSSR count). The van der Waals surface area contributed by atoms with E-state index in [9.17, 15) is 9.59 Å². The summed E-state index contributed by atoms with van der Waals surface area (Å²) in [5, 5.41) is 6.35. The minimum atomic E-state index is -0.386. The number of thiophene rings is 1. The van der Waals surface area contributed by atoms with Gasteiger partial charge in [0.05, 0.1) is 21.7 Å². The van der Waals surface area contributed by atoms with Crippen LogP contribution in [-0.4, -0.2) is 31.1 Å². The van der Waals surface area contributed by atoms with Crippen LogP contribution in [0.4, 0.5) is 5.69 Å². The highest BCUT2D eigenvalue weighted by atomic mass is 32.2. The number of imidazole rings is 1. The summed E-state index contributed by atoms with van der Waals surface area (Å²) in [7, 11) is 0. The van der Waals surface area contributed by atoms with Crippen LogP contribution in [0.15, 0.2) is 70.1 Å². The summed E-state index contributed by atoms with van der Waals surface area (Å²) < 4.78 is 0. The van der Waals surface area contributed by atoms with E-state index in [1.54, 1.807) is 29.5 Å². The van der Waals surface area contributed by atoms with E-state index in [0.717, 1.165) is 26.4 Å². The molecule has 9 heteroatoms. The summed E-state index contributed by atoms with van der Waals surface area (Å²) in [5.41, 5.74) is 3.84. The molecule has 5 aromatic rings. The average molecular weight is 448 g/mol. The fourth-order valence-electron chi connectivity index (χ4n) is 3.34. The summed E-state index contributed by atoms with van der Waals surface area (Å²) in [5.74, 6) is -0.148. The van der Waals surface area contributed by atoms with Crippen LogP contribution in [0.3, 0.4) is 0 Å². The minimum absolute atomic E-state index is 0.148. The van der Waals surface area contributed by atoms with Gasteiger partial charge in [0.15, 0.2) is 0 Å². The van der Waals surface area contributed by atoms with Crippen LogP contribution in [0.2, 0.25) is 0 Å². The molecule has 0 bridgehead atoms. The number of hydrogen-bond donors (Lipinski definition) is 3. The number of hydrogen-bond acceptors (Lipinski definition) is 6. The number of rotatable bonds is 5. The Morgan fingerprint density at radius 1 is 1.10 bits per heavy atom. The Bertz CT molecular complexity index is 1460. The lowest BCUT2D eigenvalue weighted by Gasteiger charge is -2.13. The third-order valence-electron chi connectivity index (χ3n) is 4.86. The van der Waals surface area contributed by atoms with Gasteiger partial charge in [0.25, 0.3) is 0 Å². The number of H-pyrrole nitrogens is 2. The number of anilines is 1. The fraction of sp³-hybridized carbons (Fsp3) is 0.0909. The second-order valence-electron chi connectivity index (χ2n) is 6.96. The highest BCUT2D eigenvalue weighted by molar-refractivity contribution is 8.00. The summed E-state index contributed by atoms with van der Waals surface area (Å²) in [6.45, 7) is 1.85. The number of nitrogens with zero attached hydrogens (tertiary/aromatic N) is 2. The molecule has 0 radical (unpaired) electrons. The Balaban J connectivity index is 1.40. The van der Waals surface area contributed by atoms with Crippen molar-refractivity contribution in [3.05, 3.63) is 70.7 Å². The molecule has 0 saturated carbocycles. The zero-order valence-electron chi connectivity index (χ0n) is 16.4. The van der Waals surface area contributed by atoms with Crippen LogP contribution in [0.1, 0.15) is 6.92 Å². The van der Waals surface area contributed by atoms with Crippen molar-refractivity contribution in [2.75, 3.05) is 5.32 Å². The lowest BCUT2D eigenvalue weighted by Crippen LogP contribution is -2.22. The van der Waals surface area contributed by atoms with Crippen LogP contribution in [0, 0.1) is 0 Å². The Morgan fingerprint density at radius 2 is 1.90 bits per heavy atom. The van der Waals surface area contributed by atoms with Crippen molar-refractivity contribution < 1.29 is 4.79 Å². The predicted octanol–water partition coefficient (Wildman–Crippen LogP) is 4.65. The number of benzene rings is 2. The van der Waals surface area contributed by atoms with E-state index in [2.05, 4.69) is 42.8 Å². The number of aromatic nitrogens is 4. The van der Waals surface area contributed by atoms with Gasteiger partial charge in [-0.25, -0.2) is 14.8 Å². The second-order valence-corrected chi connectivity index (χ2v) is 9.15. The fourth-order valence-corrected chi connectivity index (χ4v) is 5.26. The Labute approximate surface area is 185 Å². The normalized spacial score (nSPS) is 12.3. The van der Waals surface area contributed by atoms with Gasteiger partial charge < -0.3 is 15.3 Å². The first-order valence-corrected chi connectivity index (χ1v) is 11.3. The van der Waals surface area contributed by atoms with Gasteiger partial charge in [-0.15, -0.1) is 11.3 Å². The Kier molecular flexibility index (Phi) is 5.05. The van der Waals surface area contributed by atoms with Crippen molar-refractivity contribution in [2.45, 2.75) is 17.2 Å². The lowest BCUT2D eigenvalue weighted by atomic mass is 10.1. The van der Waals surface area contributed by atoms with Gasteiger partial charge in [0.1, 0.15) is 16.2 Å². The van der Waals surface area contributed by atoms with E-state index in [-0.39, 0.29) is 16.8 Å². The first kappa shape index (κ1) is 19.5. The van der Waals surface area contributed by atoms with Gasteiger partial charge in [-0.3, -0.25) is 4.79 Å². The molecule has 0 aliphatic heterocycles. The monoisotopic (exact) mass is 447 g/mol. The summed E-state index contributed by atoms with van der Waals surface area (Å²) in [6.07, 6.45) is 1.54. The Hall–Kier alpha value is -3.43. The van der Waals surface area contributed by atoms with Crippen LogP contribution >= 0.6 is 23.1 Å². The minimum Gasteiger partial charge on any atom is -0.325 e. The highest BCUT2D eigenvalue weighted by Crippen LogP contribution is 2.39. The first-order valence-electron chi connectivity index (χ1n) is 9.55. The zero-order valence-corrected chi connectivity index (χ0v) is 18.0. The smallest absolute Gasteiger partial charge is 0.323 e. The highest BCUT2D eigenvalue weighted by Gasteiger charge is 2.20. The van der Waals surface area contributed by atoms with Gasteiger partial charge in [-0.2, -0.15) is 0 Å². The molecule has 0 fully saturated rings. The van der Waals surface area contributed by atoms with Crippen LogP contribution < -0.4 is 11.0 Å². The predicted molar refractivity (Wildman–Crippen MR) is 126 cm³/mol. The zero-order chi connectivity index (χ0) is 21.4. The summed E-state index contributed by atoms with van der Waals surface area (Å²) in [6, 6.07) is 15.3. The van der Waals surface area contributed by atoms with Crippen molar-refractivity contribution in [3.8, 4) is 11.1 Å². The number of carbonyl (C=O) groups is 1. The van der Waals surface area contributed by atoms with E-state index in [1.165, 1.54) is 18.1 Å². The van der Waals surface area contributed by atoms with Crippen molar-refractivity contribution in [1.82, 2.24) is 19.9 Å². The molecule has 3 N–H and O–H groups in total. The van der Waals surface area contributed by atoms with Crippen molar-refractivity contribution in [2.24, 2.45) is 0 Å². The maximum absolute atomic E-state index is 12.8. The van der Waals surface area contributed by atoms with Gasteiger partial charge in [0, 0.05) is 16.6 Å². The van der Waals surface area contributed by atoms with E-state index in [1.807, 2.05) is 25.1 Å². The molecule has 0 aliphatic rings. The molecule has 1 atom stereocenters. The molecule has 2 aromatic carbocycles. The number of carbonyl (C=O) groups excluding carboxylic acids is 1. The number of amides is 1. The number of thioether (sulfide) groups is 1. The third-order valence-corrected chi connectivity index (χ3v) is 6.85. The van der Waals surface area contributed by atoms with E-state index in [4.69, 9.17) is 0 Å². The molecule has 7 nitrogen and oxygen atoms in total. The second kappa shape index (κ2) is 8.01. The van der Waals surface area contributed by atoms with Crippen LogP contribution in [0.25, 0.3) is 32.4 Å². The number of fused-ring (bicyclic) bond motifs is 2. The lowest BCUT2D eigenvalue weighted by molar-refractivity contribution is -0.115. The molecule has 31 heavy (non-hydrogen) atoms. The van der Waals surface area contributed by atoms with E-state index in [0.29, 0.717) is 16.7 Å². The van der Waals surface area contributed by atoms with Crippen LogP contribution in [-0.2, 0) is 4.79 Å². The Morgan fingerprint density at radius 3 is 2.74 bits per heavy atom. The molecule has 0 aliphatic carbocycles. The van der Waals surface area contributed by atoms with E-state index >= 15 is 0 Å². The quantitative estimate of drug-likeness (QED) is 0.269. The molecule has 0 spiro atoms. The molecular weight excluding hydrogens is 430 g/mol. The molecule has 3 aromatic heterocycles. The SMILES string of the molecule is CC(Sc1ncnc2scc(-c3ccccc3)c12)C(=O)Nc1ccc2[nH]c(=O)[nH]c2c1. The molecule has 3 heterocycles. The van der Waals surface area contributed by atoms with Crippen molar-refractivity contribution in [1.29, 1.82) is 0 Å². The van der Waals surface area contributed by atoms with Gasteiger partial charge in [0.2, 0.25) is 5.91 Å². The number of aromatic amines is 2. The van der Waals surface area contributed by atoms with E-state index < -0.39 is 0 Å². The molecule has 154 valence electrons. The maximum atomic E-state index is 12.8. The summed E-state index contributed by atoms with van der Waals surface area (Å²) >= 11 is 2.97. The van der Waals surface area contributed by atoms with Gasteiger partial charge in [-0.1, -0.05) is 42.1 Å². The van der Waals surface area contributed by atoms with Crippen molar-refractivity contribution >= 4 is 55.9 Å². The average Bonchev–Trinajstić information content (AvgIpc) is 3.37. The third kappa shape index (κ3) is 3.85. The number of nitrogens with one attached hydrogen (secondary N) is 3. The first-order chi connectivity index (χ1) is 15.1. The molecule has 1 amide bonds. The standard InChI is InChI=1S/C22H17N5O2S2/c1-12(19(28)25-14-7-8-16-17(9-14)27-22(29)26-16)31-21-18-15(13-5-3-2-4-6-13)10-30-20(18)23-11-24-21/h2-12H,1H3,(H,25,28)(H2,26,27,29). The van der Waals surface area contributed by atoms with Gasteiger partial charge >= 0.3 is 5.69 Å². The summed E-state index contributed by atoms with van der Waals surface area (Å²) in [4.78, 5) is 39.4. The maximum Gasteiger partial charge on any atom is 0.323 e.